The Morgan fingerprint density at radius 1 is 1.27 bits per heavy atom. The van der Waals surface area contributed by atoms with Crippen LogP contribution in [0.1, 0.15) is 19.8 Å². The normalized spacial score (nSPS) is 15.7. The maximum Gasteiger partial charge on any atom is 0.244 e. The number of carbonyl (C=O) groups is 2. The molecule has 9 heteroatoms. The first-order chi connectivity index (χ1) is 11.9. The molecule has 6 nitrogen and oxygen atoms in total. The van der Waals surface area contributed by atoms with Crippen LogP contribution < -0.4 is 11.1 Å². The van der Waals surface area contributed by atoms with Crippen LogP contribution in [-0.2, 0) is 14.3 Å². The van der Waals surface area contributed by atoms with Crippen LogP contribution in [0.2, 0.25) is 0 Å². The number of hydrogen-bond acceptors (Lipinski definition) is 4. The van der Waals surface area contributed by atoms with E-state index in [0.717, 1.165) is 12.1 Å². The third-order valence-electron chi connectivity index (χ3n) is 4.52. The van der Waals surface area contributed by atoms with Gasteiger partial charge in [-0.25, -0.2) is 8.78 Å². The quantitative estimate of drug-likeness (QED) is 0.776. The van der Waals surface area contributed by atoms with Gasteiger partial charge in [0.05, 0.1) is 12.0 Å². The maximum atomic E-state index is 13.6. The Balaban J connectivity index is 0.00000338. The van der Waals surface area contributed by atoms with Gasteiger partial charge in [-0.1, -0.05) is 6.07 Å². The summed E-state index contributed by atoms with van der Waals surface area (Å²) in [6.07, 6.45) is 0.977. The zero-order valence-electron chi connectivity index (χ0n) is 14.6. The highest BCUT2D eigenvalue weighted by atomic mass is 35.5. The Morgan fingerprint density at radius 3 is 2.35 bits per heavy atom. The van der Waals surface area contributed by atoms with Gasteiger partial charge in [-0.3, -0.25) is 9.59 Å². The Labute approximate surface area is 157 Å². The summed E-state index contributed by atoms with van der Waals surface area (Å²) in [7, 11) is 0. The molecule has 0 atom stereocenters. The number of halogens is 3. The Hall–Kier alpha value is -1.77. The van der Waals surface area contributed by atoms with Gasteiger partial charge in [0.25, 0.3) is 0 Å². The molecule has 1 fully saturated rings. The Morgan fingerprint density at radius 2 is 1.85 bits per heavy atom. The van der Waals surface area contributed by atoms with Crippen molar-refractivity contribution in [3.05, 3.63) is 29.8 Å². The van der Waals surface area contributed by atoms with Gasteiger partial charge >= 0.3 is 0 Å². The average molecular weight is 392 g/mol. The first-order valence-electron chi connectivity index (χ1n) is 8.24. The van der Waals surface area contributed by atoms with E-state index in [1.807, 2.05) is 0 Å². The SMILES string of the molecule is CCN(CC(=O)Nc1c(F)cccc1F)C(=O)C1(CN)CCOCC1.Cl. The van der Waals surface area contributed by atoms with Crippen LogP contribution in [-0.4, -0.2) is 49.6 Å². The lowest BCUT2D eigenvalue weighted by molar-refractivity contribution is -0.148. The van der Waals surface area contributed by atoms with E-state index in [1.165, 1.54) is 11.0 Å². The summed E-state index contributed by atoms with van der Waals surface area (Å²) in [4.78, 5) is 26.4. The number of amides is 2. The van der Waals surface area contributed by atoms with Gasteiger partial charge in [0.15, 0.2) is 0 Å². The molecule has 1 aliphatic rings. The fraction of sp³-hybridized carbons (Fsp3) is 0.529. The number of ether oxygens (including phenoxy) is 1. The van der Waals surface area contributed by atoms with Gasteiger partial charge in [0.1, 0.15) is 17.3 Å². The molecule has 1 aromatic rings. The lowest BCUT2D eigenvalue weighted by Gasteiger charge is -2.38. The maximum absolute atomic E-state index is 13.6. The topological polar surface area (TPSA) is 84.7 Å². The van der Waals surface area contributed by atoms with Crippen LogP contribution in [0, 0.1) is 17.0 Å². The molecule has 0 aromatic heterocycles. The minimum absolute atomic E-state index is 0. The van der Waals surface area contributed by atoms with Crippen LogP contribution in [0.5, 0.6) is 0 Å². The number of para-hydroxylation sites is 1. The summed E-state index contributed by atoms with van der Waals surface area (Å²) in [5.74, 6) is -2.64. The Kier molecular flexibility index (Phi) is 8.39. The monoisotopic (exact) mass is 391 g/mol. The predicted molar refractivity (Wildman–Crippen MR) is 96.0 cm³/mol. The summed E-state index contributed by atoms with van der Waals surface area (Å²) < 4.78 is 32.5. The molecule has 26 heavy (non-hydrogen) atoms. The van der Waals surface area contributed by atoms with Crippen molar-refractivity contribution in [2.24, 2.45) is 11.1 Å². The van der Waals surface area contributed by atoms with E-state index in [0.29, 0.717) is 26.1 Å². The van der Waals surface area contributed by atoms with Gasteiger partial charge < -0.3 is 20.7 Å². The number of benzene rings is 1. The first kappa shape index (κ1) is 22.3. The van der Waals surface area contributed by atoms with Crippen molar-refractivity contribution >= 4 is 29.9 Å². The van der Waals surface area contributed by atoms with Crippen molar-refractivity contribution in [1.29, 1.82) is 0 Å². The lowest BCUT2D eigenvalue weighted by atomic mass is 9.79. The van der Waals surface area contributed by atoms with Gasteiger partial charge in [-0.05, 0) is 31.9 Å². The largest absolute Gasteiger partial charge is 0.381 e. The van der Waals surface area contributed by atoms with Crippen molar-refractivity contribution in [2.45, 2.75) is 19.8 Å². The molecule has 1 aromatic carbocycles. The van der Waals surface area contributed by atoms with Crippen molar-refractivity contribution in [2.75, 3.05) is 38.2 Å². The van der Waals surface area contributed by atoms with Gasteiger partial charge in [-0.15, -0.1) is 12.4 Å². The standard InChI is InChI=1S/C17H23F2N3O3.ClH/c1-2-22(16(24)17(11-20)6-8-25-9-7-17)10-14(23)21-15-12(18)4-3-5-13(15)19;/h3-5H,2,6-11,20H2,1H3,(H,21,23);1H. The fourth-order valence-electron chi connectivity index (χ4n) is 2.90. The summed E-state index contributed by atoms with van der Waals surface area (Å²) in [5, 5.41) is 2.19. The summed E-state index contributed by atoms with van der Waals surface area (Å²) in [6.45, 7) is 2.76. The third kappa shape index (κ3) is 4.90. The summed E-state index contributed by atoms with van der Waals surface area (Å²) in [5.41, 5.74) is 4.55. The average Bonchev–Trinajstić information content (AvgIpc) is 2.63. The highest BCUT2D eigenvalue weighted by molar-refractivity contribution is 5.95. The molecule has 2 rings (SSSR count). The molecule has 146 valence electrons. The first-order valence-corrected chi connectivity index (χ1v) is 8.24. The lowest BCUT2D eigenvalue weighted by Crippen LogP contribution is -2.52. The number of likely N-dealkylation sites (N-methyl/N-ethyl adjacent to an activating group) is 1. The van der Waals surface area contributed by atoms with Gasteiger partial charge in [-0.2, -0.15) is 0 Å². The molecule has 2 amide bonds. The van der Waals surface area contributed by atoms with Crippen LogP contribution >= 0.6 is 12.4 Å². The van der Waals surface area contributed by atoms with Crippen LogP contribution in [0.4, 0.5) is 14.5 Å². The van der Waals surface area contributed by atoms with Crippen LogP contribution in [0.15, 0.2) is 18.2 Å². The highest BCUT2D eigenvalue weighted by Gasteiger charge is 2.41. The number of carbonyl (C=O) groups excluding carboxylic acids is 2. The second-order valence-electron chi connectivity index (χ2n) is 6.06. The molecule has 0 unspecified atom stereocenters. The molecule has 0 spiro atoms. The van der Waals surface area contributed by atoms with Crippen molar-refractivity contribution in [1.82, 2.24) is 4.90 Å². The molecule has 0 aliphatic carbocycles. The van der Waals surface area contributed by atoms with E-state index in [9.17, 15) is 18.4 Å². The number of rotatable bonds is 6. The number of nitrogens with one attached hydrogen (secondary N) is 1. The number of nitrogens with two attached hydrogens (primary N) is 1. The van der Waals surface area contributed by atoms with E-state index >= 15 is 0 Å². The molecule has 0 saturated carbocycles. The van der Waals surface area contributed by atoms with Crippen LogP contribution in [0.3, 0.4) is 0 Å². The van der Waals surface area contributed by atoms with Crippen molar-refractivity contribution < 1.29 is 23.1 Å². The fourth-order valence-corrected chi connectivity index (χ4v) is 2.90. The zero-order valence-corrected chi connectivity index (χ0v) is 15.4. The second-order valence-corrected chi connectivity index (χ2v) is 6.06. The van der Waals surface area contributed by atoms with E-state index in [2.05, 4.69) is 5.32 Å². The van der Waals surface area contributed by atoms with Crippen molar-refractivity contribution in [3.8, 4) is 0 Å². The third-order valence-corrected chi connectivity index (χ3v) is 4.52. The second kappa shape index (κ2) is 9.80. The van der Waals surface area contributed by atoms with E-state index in [1.54, 1.807) is 6.92 Å². The molecular formula is C17H24ClF2N3O3. The van der Waals surface area contributed by atoms with E-state index < -0.39 is 28.6 Å². The van der Waals surface area contributed by atoms with Gasteiger partial charge in [0.2, 0.25) is 11.8 Å². The molecule has 0 bridgehead atoms. The predicted octanol–water partition coefficient (Wildman–Crippen LogP) is 1.93. The molecule has 1 saturated heterocycles. The number of hydrogen-bond donors (Lipinski definition) is 2. The van der Waals surface area contributed by atoms with E-state index in [-0.39, 0.29) is 37.9 Å². The summed E-state index contributed by atoms with van der Waals surface area (Å²) >= 11 is 0. The molecule has 0 radical (unpaired) electrons. The van der Waals surface area contributed by atoms with Crippen molar-refractivity contribution in [3.63, 3.8) is 0 Å². The molecular weight excluding hydrogens is 368 g/mol. The Bertz CT molecular complexity index is 619. The van der Waals surface area contributed by atoms with Crippen LogP contribution in [0.25, 0.3) is 0 Å². The number of anilines is 1. The minimum atomic E-state index is -0.870. The smallest absolute Gasteiger partial charge is 0.244 e. The van der Waals surface area contributed by atoms with Gasteiger partial charge in [0, 0.05) is 26.3 Å². The summed E-state index contributed by atoms with van der Waals surface area (Å²) in [6, 6.07) is 3.30. The van der Waals surface area contributed by atoms with E-state index in [4.69, 9.17) is 10.5 Å². The number of nitrogens with zero attached hydrogens (tertiary/aromatic N) is 1. The molecule has 1 aliphatic heterocycles. The minimum Gasteiger partial charge on any atom is -0.381 e. The zero-order chi connectivity index (χ0) is 18.4. The molecule has 1 heterocycles. The highest BCUT2D eigenvalue weighted by Crippen LogP contribution is 2.31. The molecule has 3 N–H and O–H groups in total.